The quantitative estimate of drug-likeness (QED) is 0.663. The number of benzene rings is 1. The van der Waals surface area contributed by atoms with Crippen molar-refractivity contribution in [2.24, 2.45) is 0 Å². The van der Waals surface area contributed by atoms with E-state index in [-0.39, 0.29) is 11.5 Å². The zero-order chi connectivity index (χ0) is 20.3. The number of carbonyl (C=O) groups is 1. The van der Waals surface area contributed by atoms with Crippen LogP contribution in [0, 0.1) is 13.8 Å². The van der Waals surface area contributed by atoms with Gasteiger partial charge in [0.05, 0.1) is 10.0 Å². The maximum Gasteiger partial charge on any atom is 0.265 e. The van der Waals surface area contributed by atoms with Crippen molar-refractivity contribution in [3.63, 3.8) is 0 Å². The average Bonchev–Trinajstić information content (AvgIpc) is 3.23. The predicted molar refractivity (Wildman–Crippen MR) is 117 cm³/mol. The van der Waals surface area contributed by atoms with Crippen LogP contribution in [0.15, 0.2) is 33.5 Å². The van der Waals surface area contributed by atoms with Crippen LogP contribution in [0.3, 0.4) is 0 Å². The zero-order valence-corrected chi connectivity index (χ0v) is 18.6. The minimum atomic E-state index is -0.123. The van der Waals surface area contributed by atoms with Gasteiger partial charge in [0.25, 0.3) is 11.5 Å². The molecule has 0 aliphatic heterocycles. The molecular formula is C23H29BrN2O2. The Balaban J connectivity index is 1.86. The van der Waals surface area contributed by atoms with E-state index in [0.29, 0.717) is 34.6 Å². The number of rotatable bonds is 6. The molecule has 1 aliphatic carbocycles. The highest BCUT2D eigenvalue weighted by molar-refractivity contribution is 9.10. The molecule has 0 unspecified atom stereocenters. The van der Waals surface area contributed by atoms with E-state index in [1.165, 1.54) is 36.8 Å². The van der Waals surface area contributed by atoms with Crippen molar-refractivity contribution in [3.8, 4) is 0 Å². The van der Waals surface area contributed by atoms with E-state index in [9.17, 15) is 9.59 Å². The molecule has 3 rings (SSSR count). The van der Waals surface area contributed by atoms with Crippen molar-refractivity contribution in [3.05, 3.63) is 67.0 Å². The number of hydrogen-bond donors (Lipinski definition) is 1. The lowest BCUT2D eigenvalue weighted by molar-refractivity contribution is 0.0948. The van der Waals surface area contributed by atoms with Gasteiger partial charge in [-0.25, -0.2) is 0 Å². The first-order chi connectivity index (χ1) is 13.5. The molecule has 150 valence electrons. The molecule has 1 aromatic carbocycles. The van der Waals surface area contributed by atoms with Gasteiger partial charge in [-0.05, 0) is 71.6 Å². The molecule has 5 heteroatoms. The van der Waals surface area contributed by atoms with Gasteiger partial charge in [-0.1, -0.05) is 44.0 Å². The summed E-state index contributed by atoms with van der Waals surface area (Å²) in [4.78, 5) is 25.6. The van der Waals surface area contributed by atoms with Gasteiger partial charge in [0.15, 0.2) is 0 Å². The summed E-state index contributed by atoms with van der Waals surface area (Å²) in [7, 11) is 0. The van der Waals surface area contributed by atoms with E-state index in [1.54, 1.807) is 4.57 Å². The molecule has 0 spiro atoms. The molecule has 0 bridgehead atoms. The Hall–Kier alpha value is -1.88. The van der Waals surface area contributed by atoms with Gasteiger partial charge in [-0.3, -0.25) is 9.59 Å². The molecule has 2 aromatic rings. The van der Waals surface area contributed by atoms with Crippen molar-refractivity contribution >= 4 is 21.8 Å². The Morgan fingerprint density at radius 3 is 2.57 bits per heavy atom. The highest BCUT2D eigenvalue weighted by Crippen LogP contribution is 2.35. The number of hydrogen-bond acceptors (Lipinski definition) is 2. The summed E-state index contributed by atoms with van der Waals surface area (Å²) < 4.78 is 2.17. The monoisotopic (exact) mass is 444 g/mol. The van der Waals surface area contributed by atoms with E-state index in [0.717, 1.165) is 12.1 Å². The van der Waals surface area contributed by atoms with Gasteiger partial charge in [-0.15, -0.1) is 0 Å². The maximum atomic E-state index is 13.1. The number of nitrogens with one attached hydrogen (secondary N) is 1. The third kappa shape index (κ3) is 4.09. The van der Waals surface area contributed by atoms with Crippen molar-refractivity contribution < 1.29 is 4.79 Å². The average molecular weight is 445 g/mol. The molecule has 1 fully saturated rings. The van der Waals surface area contributed by atoms with Crippen molar-refractivity contribution in [1.29, 1.82) is 0 Å². The van der Waals surface area contributed by atoms with Gasteiger partial charge in [0.2, 0.25) is 0 Å². The van der Waals surface area contributed by atoms with E-state index in [2.05, 4.69) is 39.4 Å². The van der Waals surface area contributed by atoms with Crippen LogP contribution < -0.4 is 10.9 Å². The fourth-order valence-corrected chi connectivity index (χ4v) is 4.78. The Morgan fingerprint density at radius 1 is 1.21 bits per heavy atom. The zero-order valence-electron chi connectivity index (χ0n) is 17.0. The van der Waals surface area contributed by atoms with Gasteiger partial charge in [-0.2, -0.15) is 0 Å². The fourth-order valence-electron chi connectivity index (χ4n) is 4.37. The van der Waals surface area contributed by atoms with Gasteiger partial charge < -0.3 is 9.88 Å². The smallest absolute Gasteiger partial charge is 0.265 e. The summed E-state index contributed by atoms with van der Waals surface area (Å²) in [6.45, 7) is 6.83. The molecule has 1 saturated carbocycles. The van der Waals surface area contributed by atoms with Crippen LogP contribution >= 0.6 is 15.9 Å². The van der Waals surface area contributed by atoms with Gasteiger partial charge in [0.1, 0.15) is 0 Å². The number of halogens is 1. The second kappa shape index (κ2) is 9.08. The van der Waals surface area contributed by atoms with Gasteiger partial charge in [0, 0.05) is 18.8 Å². The SMILES string of the molecule is CCCn1c(C)c(C(=O)NCc2ccccc2C2CCCC2)c(C)c(Br)c1=O. The van der Waals surface area contributed by atoms with Crippen LogP contribution in [-0.4, -0.2) is 10.5 Å². The maximum absolute atomic E-state index is 13.1. The van der Waals surface area contributed by atoms with E-state index in [1.807, 2.05) is 26.8 Å². The Bertz CT molecular complexity index is 927. The minimum absolute atomic E-state index is 0.0695. The normalized spacial score (nSPS) is 14.4. The van der Waals surface area contributed by atoms with Crippen LogP contribution in [0.2, 0.25) is 0 Å². The van der Waals surface area contributed by atoms with Crippen LogP contribution in [0.5, 0.6) is 0 Å². The molecule has 1 heterocycles. The molecule has 0 radical (unpaired) electrons. The lowest BCUT2D eigenvalue weighted by Gasteiger charge is -2.19. The van der Waals surface area contributed by atoms with E-state index in [4.69, 9.17) is 0 Å². The van der Waals surface area contributed by atoms with Crippen LogP contribution in [0.25, 0.3) is 0 Å². The summed E-state index contributed by atoms with van der Waals surface area (Å²) in [6, 6.07) is 8.44. The van der Waals surface area contributed by atoms with Crippen molar-refractivity contribution in [2.45, 2.75) is 71.9 Å². The van der Waals surface area contributed by atoms with E-state index < -0.39 is 0 Å². The standard InChI is InChI=1S/C23H29BrN2O2/c1-4-13-26-16(3)20(15(2)21(24)23(26)28)22(27)25-14-18-11-7-8-12-19(18)17-9-5-6-10-17/h7-8,11-12,17H,4-6,9-10,13-14H2,1-3H3,(H,25,27). The largest absolute Gasteiger partial charge is 0.348 e. The predicted octanol–water partition coefficient (Wildman–Crippen LogP) is 5.23. The first kappa shape index (κ1) is 20.8. The number of amides is 1. The molecule has 4 nitrogen and oxygen atoms in total. The highest BCUT2D eigenvalue weighted by atomic mass is 79.9. The first-order valence-electron chi connectivity index (χ1n) is 10.2. The molecule has 0 saturated heterocycles. The fraction of sp³-hybridized carbons (Fsp3) is 0.478. The van der Waals surface area contributed by atoms with Crippen LogP contribution in [-0.2, 0) is 13.1 Å². The molecule has 1 amide bonds. The van der Waals surface area contributed by atoms with Crippen LogP contribution in [0.4, 0.5) is 0 Å². The second-order valence-corrected chi connectivity index (χ2v) is 8.51. The first-order valence-corrected chi connectivity index (χ1v) is 11.0. The number of carbonyl (C=O) groups excluding carboxylic acids is 1. The lowest BCUT2D eigenvalue weighted by Crippen LogP contribution is -2.31. The molecule has 1 aromatic heterocycles. The summed E-state index contributed by atoms with van der Waals surface area (Å²) >= 11 is 3.39. The molecular weight excluding hydrogens is 416 g/mol. The van der Waals surface area contributed by atoms with Crippen molar-refractivity contribution in [2.75, 3.05) is 0 Å². The molecule has 0 atom stereocenters. The number of aromatic nitrogens is 1. The Labute approximate surface area is 175 Å². The summed E-state index contributed by atoms with van der Waals surface area (Å²) in [6.07, 6.45) is 5.88. The molecule has 1 aliphatic rings. The topological polar surface area (TPSA) is 51.1 Å². The number of nitrogens with zero attached hydrogens (tertiary/aromatic N) is 1. The summed E-state index contributed by atoms with van der Waals surface area (Å²) in [5.41, 5.74) is 4.52. The third-order valence-electron chi connectivity index (χ3n) is 5.87. The van der Waals surface area contributed by atoms with Crippen LogP contribution in [0.1, 0.15) is 77.7 Å². The summed E-state index contributed by atoms with van der Waals surface area (Å²) in [5, 5.41) is 3.10. The second-order valence-electron chi connectivity index (χ2n) is 7.72. The van der Waals surface area contributed by atoms with E-state index >= 15 is 0 Å². The Morgan fingerprint density at radius 2 is 1.89 bits per heavy atom. The highest BCUT2D eigenvalue weighted by Gasteiger charge is 2.22. The lowest BCUT2D eigenvalue weighted by atomic mass is 9.93. The minimum Gasteiger partial charge on any atom is -0.348 e. The van der Waals surface area contributed by atoms with Gasteiger partial charge >= 0.3 is 0 Å². The molecule has 1 N–H and O–H groups in total. The summed E-state index contributed by atoms with van der Waals surface area (Å²) in [5.74, 6) is 0.485. The molecule has 28 heavy (non-hydrogen) atoms. The third-order valence-corrected chi connectivity index (χ3v) is 6.80. The van der Waals surface area contributed by atoms with Crippen molar-refractivity contribution in [1.82, 2.24) is 9.88 Å². The number of pyridine rings is 1. The Kier molecular flexibility index (Phi) is 6.76.